The number of fused-ring (bicyclic) bond motifs is 1. The maximum absolute atomic E-state index is 13.0. The molecule has 2 aromatic carbocycles. The lowest BCUT2D eigenvalue weighted by Gasteiger charge is -2.25. The quantitative estimate of drug-likeness (QED) is 0.906. The highest BCUT2D eigenvalue weighted by Gasteiger charge is 2.34. The van der Waals surface area contributed by atoms with Crippen LogP contribution in [-0.2, 0) is 17.4 Å². The lowest BCUT2D eigenvalue weighted by atomic mass is 10.0. The van der Waals surface area contributed by atoms with Crippen molar-refractivity contribution in [2.75, 3.05) is 5.32 Å². The van der Waals surface area contributed by atoms with Crippen molar-refractivity contribution in [2.24, 2.45) is 0 Å². The summed E-state index contributed by atoms with van der Waals surface area (Å²) in [4.78, 5) is 12.3. The van der Waals surface area contributed by atoms with E-state index in [2.05, 4.69) is 5.32 Å². The second-order valence-electron chi connectivity index (χ2n) is 5.29. The van der Waals surface area contributed by atoms with Crippen molar-refractivity contribution >= 4 is 11.6 Å². The number of carbonyl (C=O) groups excluding carboxylic acids is 1. The molecule has 2 aromatic rings. The van der Waals surface area contributed by atoms with Gasteiger partial charge in [-0.1, -0.05) is 30.3 Å². The molecule has 1 aliphatic rings. The highest BCUT2D eigenvalue weighted by atomic mass is 19.4. The van der Waals surface area contributed by atoms with E-state index in [1.165, 1.54) is 18.2 Å². The van der Waals surface area contributed by atoms with Gasteiger partial charge in [0.1, 0.15) is 5.75 Å². The number of rotatable bonds is 2. The molecular formula is C17H14F3NO2. The summed E-state index contributed by atoms with van der Waals surface area (Å²) in [5.41, 5.74) is -0.135. The zero-order valence-corrected chi connectivity index (χ0v) is 12.1. The van der Waals surface area contributed by atoms with E-state index < -0.39 is 23.8 Å². The maximum atomic E-state index is 13.0. The highest BCUT2D eigenvalue weighted by molar-refractivity contribution is 5.95. The van der Waals surface area contributed by atoms with Gasteiger partial charge in [0.2, 0.25) is 0 Å². The largest absolute Gasteiger partial charge is 0.480 e. The van der Waals surface area contributed by atoms with Gasteiger partial charge in [-0.05, 0) is 36.6 Å². The number of halogens is 3. The molecule has 1 atom stereocenters. The first-order valence-electron chi connectivity index (χ1n) is 7.17. The molecule has 6 heteroatoms. The zero-order chi connectivity index (χ0) is 16.4. The topological polar surface area (TPSA) is 38.3 Å². The molecule has 1 N–H and O–H groups in total. The van der Waals surface area contributed by atoms with Crippen LogP contribution in [0.25, 0.3) is 0 Å². The number of carbonyl (C=O) groups is 1. The first-order chi connectivity index (χ1) is 10.9. The molecule has 3 rings (SSSR count). The third-order valence-electron chi connectivity index (χ3n) is 3.70. The van der Waals surface area contributed by atoms with Crippen molar-refractivity contribution < 1.29 is 22.7 Å². The molecule has 0 saturated heterocycles. The Morgan fingerprint density at radius 3 is 2.57 bits per heavy atom. The molecule has 0 fully saturated rings. The van der Waals surface area contributed by atoms with E-state index in [0.717, 1.165) is 11.6 Å². The van der Waals surface area contributed by atoms with Gasteiger partial charge in [0, 0.05) is 0 Å². The molecular weight excluding hydrogens is 307 g/mol. The maximum Gasteiger partial charge on any atom is 0.418 e. The fourth-order valence-corrected chi connectivity index (χ4v) is 2.56. The smallest absolute Gasteiger partial charge is 0.418 e. The summed E-state index contributed by atoms with van der Waals surface area (Å²) in [6.45, 7) is 0. The van der Waals surface area contributed by atoms with Gasteiger partial charge in [-0.25, -0.2) is 0 Å². The van der Waals surface area contributed by atoms with Gasteiger partial charge in [-0.3, -0.25) is 4.79 Å². The van der Waals surface area contributed by atoms with Crippen molar-refractivity contribution in [3.63, 3.8) is 0 Å². The van der Waals surface area contributed by atoms with Gasteiger partial charge in [0.05, 0.1) is 11.3 Å². The minimum atomic E-state index is -4.52. The summed E-state index contributed by atoms with van der Waals surface area (Å²) < 4.78 is 44.5. The van der Waals surface area contributed by atoms with E-state index in [9.17, 15) is 18.0 Å². The van der Waals surface area contributed by atoms with Crippen LogP contribution in [0.1, 0.15) is 17.5 Å². The van der Waals surface area contributed by atoms with Crippen molar-refractivity contribution in [1.82, 2.24) is 0 Å². The summed E-state index contributed by atoms with van der Waals surface area (Å²) in [6.07, 6.45) is -4.25. The first-order valence-corrected chi connectivity index (χ1v) is 7.17. The summed E-state index contributed by atoms with van der Waals surface area (Å²) in [7, 11) is 0. The number of para-hydroxylation sites is 2. The molecule has 1 aliphatic heterocycles. The fourth-order valence-electron chi connectivity index (χ4n) is 2.56. The molecule has 0 radical (unpaired) electrons. The SMILES string of the molecule is O=C(Nc1ccccc1C(F)(F)F)C1CCc2ccccc2O1. The molecule has 23 heavy (non-hydrogen) atoms. The minimum absolute atomic E-state index is 0.257. The van der Waals surface area contributed by atoms with Gasteiger partial charge in [-0.15, -0.1) is 0 Å². The van der Waals surface area contributed by atoms with Crippen molar-refractivity contribution in [3.05, 3.63) is 59.7 Å². The average Bonchev–Trinajstić information content (AvgIpc) is 2.54. The van der Waals surface area contributed by atoms with Gasteiger partial charge < -0.3 is 10.1 Å². The van der Waals surface area contributed by atoms with Gasteiger partial charge in [-0.2, -0.15) is 13.2 Å². The van der Waals surface area contributed by atoms with Crippen LogP contribution in [0.4, 0.5) is 18.9 Å². The Hall–Kier alpha value is -2.50. The van der Waals surface area contributed by atoms with E-state index in [1.807, 2.05) is 12.1 Å². The Balaban J connectivity index is 1.76. The number of ether oxygens (including phenoxy) is 1. The predicted molar refractivity (Wildman–Crippen MR) is 79.3 cm³/mol. The number of hydrogen-bond acceptors (Lipinski definition) is 2. The monoisotopic (exact) mass is 321 g/mol. The van der Waals surface area contributed by atoms with Crippen molar-refractivity contribution in [2.45, 2.75) is 25.1 Å². The average molecular weight is 321 g/mol. The summed E-state index contributed by atoms with van der Waals surface area (Å²) in [6, 6.07) is 12.2. The Morgan fingerprint density at radius 2 is 1.78 bits per heavy atom. The van der Waals surface area contributed by atoms with Crippen LogP contribution in [0.5, 0.6) is 5.75 Å². The number of nitrogens with one attached hydrogen (secondary N) is 1. The van der Waals surface area contributed by atoms with Crippen LogP contribution in [0.3, 0.4) is 0 Å². The van der Waals surface area contributed by atoms with E-state index in [4.69, 9.17) is 4.74 Å². The van der Waals surface area contributed by atoms with Gasteiger partial charge in [0.25, 0.3) is 5.91 Å². The molecule has 0 saturated carbocycles. The predicted octanol–water partition coefficient (Wildman–Crippen LogP) is 4.04. The molecule has 1 heterocycles. The third kappa shape index (κ3) is 3.31. The Bertz CT molecular complexity index is 728. The molecule has 1 unspecified atom stereocenters. The number of hydrogen-bond donors (Lipinski definition) is 1. The van der Waals surface area contributed by atoms with Crippen LogP contribution < -0.4 is 10.1 Å². The second kappa shape index (κ2) is 5.95. The lowest BCUT2D eigenvalue weighted by molar-refractivity contribution is -0.137. The van der Waals surface area contributed by atoms with Crippen LogP contribution in [0.15, 0.2) is 48.5 Å². The molecule has 120 valence electrons. The second-order valence-corrected chi connectivity index (χ2v) is 5.29. The number of aryl methyl sites for hydroxylation is 1. The standard InChI is InChI=1S/C17H14F3NO2/c18-17(19,20)12-6-2-3-7-13(12)21-16(22)15-10-9-11-5-1-4-8-14(11)23-15/h1-8,15H,9-10H2,(H,21,22). The first kappa shape index (κ1) is 15.4. The number of amides is 1. The molecule has 0 aromatic heterocycles. The molecule has 3 nitrogen and oxygen atoms in total. The Morgan fingerprint density at radius 1 is 1.09 bits per heavy atom. The van der Waals surface area contributed by atoms with Crippen molar-refractivity contribution in [1.29, 1.82) is 0 Å². The third-order valence-corrected chi connectivity index (χ3v) is 3.70. The molecule has 0 spiro atoms. The molecule has 1 amide bonds. The summed E-state index contributed by atoms with van der Waals surface area (Å²) >= 11 is 0. The van der Waals surface area contributed by atoms with Gasteiger partial charge in [0.15, 0.2) is 6.10 Å². The van der Waals surface area contributed by atoms with Crippen molar-refractivity contribution in [3.8, 4) is 5.75 Å². The molecule has 0 aliphatic carbocycles. The van der Waals surface area contributed by atoms with Crippen LogP contribution >= 0.6 is 0 Å². The number of anilines is 1. The van der Waals surface area contributed by atoms with Crippen LogP contribution in [0.2, 0.25) is 0 Å². The van der Waals surface area contributed by atoms with Gasteiger partial charge >= 0.3 is 6.18 Å². The van der Waals surface area contributed by atoms with E-state index in [0.29, 0.717) is 18.6 Å². The Labute approximate surface area is 131 Å². The van der Waals surface area contributed by atoms with E-state index in [1.54, 1.807) is 12.1 Å². The summed E-state index contributed by atoms with van der Waals surface area (Å²) in [5.74, 6) is 0.0270. The molecule has 0 bridgehead atoms. The highest BCUT2D eigenvalue weighted by Crippen LogP contribution is 2.35. The van der Waals surface area contributed by atoms with E-state index in [-0.39, 0.29) is 5.69 Å². The van der Waals surface area contributed by atoms with E-state index >= 15 is 0 Å². The Kier molecular flexibility index (Phi) is 3.98. The number of benzene rings is 2. The zero-order valence-electron chi connectivity index (χ0n) is 12.1. The van der Waals surface area contributed by atoms with Crippen LogP contribution in [0, 0.1) is 0 Å². The minimum Gasteiger partial charge on any atom is -0.480 e. The summed E-state index contributed by atoms with van der Waals surface area (Å²) in [5, 5.41) is 2.33. The lowest BCUT2D eigenvalue weighted by Crippen LogP contribution is -2.36. The van der Waals surface area contributed by atoms with Crippen LogP contribution in [-0.4, -0.2) is 12.0 Å². The normalized spacial score (nSPS) is 17.1. The number of alkyl halides is 3. The fraction of sp³-hybridized carbons (Fsp3) is 0.235.